The monoisotopic (exact) mass is 401 g/mol. The second-order valence-electron chi connectivity index (χ2n) is 6.69. The standard InChI is InChI=1S/C23H23N5O2/c1-2-30-19-13-7-6-12-18(19)25-23(29)22(17-10-4-3-5-11-17)24-16-21-27-26-20-14-8-9-15-28(20)21/h3-15,22,24H,2,16H2,1H3,(H,25,29)/t22-/m1/s1. The Bertz CT molecular complexity index is 1130. The normalized spacial score (nSPS) is 11.9. The van der Waals surface area contributed by atoms with Crippen molar-refractivity contribution in [2.45, 2.75) is 19.5 Å². The van der Waals surface area contributed by atoms with Gasteiger partial charge in [-0.3, -0.25) is 14.5 Å². The molecule has 1 atom stereocenters. The number of nitrogens with zero attached hydrogens (tertiary/aromatic N) is 3. The van der Waals surface area contributed by atoms with Crippen molar-refractivity contribution >= 4 is 17.2 Å². The summed E-state index contributed by atoms with van der Waals surface area (Å²) in [6, 6.07) is 22.2. The van der Waals surface area contributed by atoms with Crippen molar-refractivity contribution in [3.05, 3.63) is 90.4 Å². The zero-order valence-corrected chi connectivity index (χ0v) is 16.7. The van der Waals surface area contributed by atoms with Crippen LogP contribution in [0.15, 0.2) is 79.0 Å². The lowest BCUT2D eigenvalue weighted by atomic mass is 10.1. The Kier molecular flexibility index (Phi) is 6.01. The van der Waals surface area contributed by atoms with E-state index in [1.807, 2.05) is 90.3 Å². The first-order chi connectivity index (χ1) is 14.8. The largest absolute Gasteiger partial charge is 0.492 e. The van der Waals surface area contributed by atoms with Gasteiger partial charge in [-0.15, -0.1) is 10.2 Å². The number of para-hydroxylation sites is 2. The smallest absolute Gasteiger partial charge is 0.246 e. The third kappa shape index (κ3) is 4.31. The molecular formula is C23H23N5O2. The van der Waals surface area contributed by atoms with Crippen LogP contribution < -0.4 is 15.4 Å². The SMILES string of the molecule is CCOc1ccccc1NC(=O)[C@H](NCc1nnc2ccccn12)c1ccccc1. The molecule has 2 N–H and O–H groups in total. The van der Waals surface area contributed by atoms with Gasteiger partial charge in [0.15, 0.2) is 11.5 Å². The lowest BCUT2D eigenvalue weighted by Crippen LogP contribution is -2.33. The topological polar surface area (TPSA) is 80.5 Å². The van der Waals surface area contributed by atoms with Gasteiger partial charge in [0.2, 0.25) is 5.91 Å². The zero-order chi connectivity index (χ0) is 20.8. The van der Waals surface area contributed by atoms with Crippen molar-refractivity contribution in [3.63, 3.8) is 0 Å². The summed E-state index contributed by atoms with van der Waals surface area (Å²) in [5.41, 5.74) is 2.26. The molecule has 0 unspecified atom stereocenters. The molecular weight excluding hydrogens is 378 g/mol. The van der Waals surface area contributed by atoms with Gasteiger partial charge < -0.3 is 10.1 Å². The molecule has 0 aliphatic heterocycles. The van der Waals surface area contributed by atoms with Crippen LogP contribution in [-0.4, -0.2) is 27.1 Å². The van der Waals surface area contributed by atoms with E-state index in [4.69, 9.17) is 4.74 Å². The highest BCUT2D eigenvalue weighted by Gasteiger charge is 2.22. The number of aromatic nitrogens is 3. The maximum atomic E-state index is 13.2. The minimum absolute atomic E-state index is 0.179. The summed E-state index contributed by atoms with van der Waals surface area (Å²) in [4.78, 5) is 13.2. The quantitative estimate of drug-likeness (QED) is 0.472. The predicted molar refractivity (Wildman–Crippen MR) is 115 cm³/mol. The molecule has 2 aromatic heterocycles. The number of pyridine rings is 1. The number of hydrogen-bond acceptors (Lipinski definition) is 5. The van der Waals surface area contributed by atoms with Crippen LogP contribution in [0.3, 0.4) is 0 Å². The maximum Gasteiger partial charge on any atom is 0.246 e. The van der Waals surface area contributed by atoms with E-state index in [0.717, 1.165) is 17.0 Å². The highest BCUT2D eigenvalue weighted by atomic mass is 16.5. The molecule has 4 aromatic rings. The molecule has 30 heavy (non-hydrogen) atoms. The van der Waals surface area contributed by atoms with Gasteiger partial charge >= 0.3 is 0 Å². The Morgan fingerprint density at radius 2 is 1.77 bits per heavy atom. The van der Waals surface area contributed by atoms with Crippen LogP contribution in [-0.2, 0) is 11.3 Å². The molecule has 152 valence electrons. The molecule has 0 spiro atoms. The number of benzene rings is 2. The number of ether oxygens (including phenoxy) is 1. The molecule has 2 aromatic carbocycles. The lowest BCUT2D eigenvalue weighted by molar-refractivity contribution is -0.118. The Morgan fingerprint density at radius 1 is 1.00 bits per heavy atom. The third-order valence-corrected chi connectivity index (χ3v) is 4.69. The number of anilines is 1. The fraction of sp³-hybridized carbons (Fsp3) is 0.174. The Morgan fingerprint density at radius 3 is 2.60 bits per heavy atom. The van der Waals surface area contributed by atoms with Crippen LogP contribution in [0.4, 0.5) is 5.69 Å². The van der Waals surface area contributed by atoms with E-state index >= 15 is 0 Å². The van der Waals surface area contributed by atoms with Crippen molar-refractivity contribution in [2.75, 3.05) is 11.9 Å². The maximum absolute atomic E-state index is 13.2. The average molecular weight is 401 g/mol. The molecule has 1 amide bonds. The molecule has 7 heteroatoms. The van der Waals surface area contributed by atoms with E-state index in [1.54, 1.807) is 0 Å². The number of rotatable bonds is 8. The van der Waals surface area contributed by atoms with Gasteiger partial charge in [-0.1, -0.05) is 48.5 Å². The molecule has 0 fully saturated rings. The zero-order valence-electron chi connectivity index (χ0n) is 16.7. The number of hydrogen-bond donors (Lipinski definition) is 2. The molecule has 0 aliphatic carbocycles. The van der Waals surface area contributed by atoms with E-state index < -0.39 is 6.04 Å². The summed E-state index contributed by atoms with van der Waals surface area (Å²) in [5, 5.41) is 14.7. The molecule has 0 aliphatic rings. The summed E-state index contributed by atoms with van der Waals surface area (Å²) in [7, 11) is 0. The first kappa shape index (κ1) is 19.6. The Balaban J connectivity index is 1.56. The minimum Gasteiger partial charge on any atom is -0.492 e. The van der Waals surface area contributed by atoms with E-state index in [1.165, 1.54) is 0 Å². The summed E-state index contributed by atoms with van der Waals surface area (Å²) < 4.78 is 7.53. The van der Waals surface area contributed by atoms with Crippen molar-refractivity contribution in [3.8, 4) is 5.75 Å². The fourth-order valence-corrected chi connectivity index (χ4v) is 3.27. The van der Waals surface area contributed by atoms with Crippen LogP contribution in [0, 0.1) is 0 Å². The van der Waals surface area contributed by atoms with Crippen LogP contribution >= 0.6 is 0 Å². The highest BCUT2D eigenvalue weighted by Crippen LogP contribution is 2.25. The number of carbonyl (C=O) groups excluding carboxylic acids is 1. The van der Waals surface area contributed by atoms with E-state index in [0.29, 0.717) is 24.6 Å². The van der Waals surface area contributed by atoms with Crippen LogP contribution in [0.5, 0.6) is 5.75 Å². The Labute approximate surface area is 174 Å². The van der Waals surface area contributed by atoms with E-state index in [9.17, 15) is 4.79 Å². The number of amides is 1. The summed E-state index contributed by atoms with van der Waals surface area (Å²) in [6.07, 6.45) is 1.91. The summed E-state index contributed by atoms with van der Waals surface area (Å²) >= 11 is 0. The predicted octanol–water partition coefficient (Wildman–Crippen LogP) is 3.60. The van der Waals surface area contributed by atoms with Gasteiger partial charge in [0.25, 0.3) is 0 Å². The first-order valence-corrected chi connectivity index (χ1v) is 9.86. The van der Waals surface area contributed by atoms with Crippen LogP contribution in [0.1, 0.15) is 24.4 Å². The van der Waals surface area contributed by atoms with Gasteiger partial charge in [0.1, 0.15) is 11.8 Å². The van der Waals surface area contributed by atoms with Gasteiger partial charge in [-0.2, -0.15) is 0 Å². The van der Waals surface area contributed by atoms with Crippen LogP contribution in [0.2, 0.25) is 0 Å². The van der Waals surface area contributed by atoms with Gasteiger partial charge in [0, 0.05) is 6.20 Å². The fourth-order valence-electron chi connectivity index (χ4n) is 3.27. The number of carbonyl (C=O) groups is 1. The van der Waals surface area contributed by atoms with Gasteiger partial charge in [-0.05, 0) is 36.8 Å². The average Bonchev–Trinajstić information content (AvgIpc) is 3.19. The second kappa shape index (κ2) is 9.19. The summed E-state index contributed by atoms with van der Waals surface area (Å²) in [5.74, 6) is 1.19. The molecule has 7 nitrogen and oxygen atoms in total. The first-order valence-electron chi connectivity index (χ1n) is 9.86. The van der Waals surface area contributed by atoms with Gasteiger partial charge in [-0.25, -0.2) is 0 Å². The molecule has 2 heterocycles. The van der Waals surface area contributed by atoms with Crippen molar-refractivity contribution in [1.29, 1.82) is 0 Å². The highest BCUT2D eigenvalue weighted by molar-refractivity contribution is 5.96. The lowest BCUT2D eigenvalue weighted by Gasteiger charge is -2.19. The molecule has 0 radical (unpaired) electrons. The van der Waals surface area contributed by atoms with Crippen molar-refractivity contribution in [2.24, 2.45) is 0 Å². The van der Waals surface area contributed by atoms with Crippen molar-refractivity contribution in [1.82, 2.24) is 19.9 Å². The molecule has 0 saturated carbocycles. The molecule has 4 rings (SSSR count). The summed E-state index contributed by atoms with van der Waals surface area (Å²) in [6.45, 7) is 2.81. The van der Waals surface area contributed by atoms with Crippen molar-refractivity contribution < 1.29 is 9.53 Å². The van der Waals surface area contributed by atoms with Crippen LogP contribution in [0.25, 0.3) is 5.65 Å². The van der Waals surface area contributed by atoms with Gasteiger partial charge in [0.05, 0.1) is 18.8 Å². The minimum atomic E-state index is -0.572. The third-order valence-electron chi connectivity index (χ3n) is 4.69. The van der Waals surface area contributed by atoms with E-state index in [-0.39, 0.29) is 5.91 Å². The second-order valence-corrected chi connectivity index (χ2v) is 6.69. The Hall–Kier alpha value is -3.71. The van der Waals surface area contributed by atoms with E-state index in [2.05, 4.69) is 20.8 Å². The molecule has 0 saturated heterocycles. The number of nitrogens with one attached hydrogen (secondary N) is 2. The molecule has 0 bridgehead atoms. The number of fused-ring (bicyclic) bond motifs is 1.